The second-order valence-corrected chi connectivity index (χ2v) is 11.2. The zero-order valence-electron chi connectivity index (χ0n) is 19.8. The van der Waals surface area contributed by atoms with E-state index in [1.165, 1.54) is 56.7 Å². The number of carbonyl (C=O) groups excluding carboxylic acids is 1. The monoisotopic (exact) mass is 458 g/mol. The average Bonchev–Trinajstić information content (AvgIpc) is 3.22. The number of benzene rings is 2. The number of amides is 1. The molecule has 2 aromatic rings. The summed E-state index contributed by atoms with van der Waals surface area (Å²) in [5, 5.41) is 2.93. The lowest BCUT2D eigenvalue weighted by molar-refractivity contribution is 0.0809. The number of piperazine rings is 1. The fourth-order valence-electron chi connectivity index (χ4n) is 7.05. The molecule has 0 radical (unpaired) electrons. The molecule has 4 aliphatic heterocycles. The fourth-order valence-corrected chi connectivity index (χ4v) is 7.05. The van der Waals surface area contributed by atoms with Crippen LogP contribution < -0.4 is 19.9 Å². The minimum Gasteiger partial charge on any atom is -0.489 e. The Balaban J connectivity index is 0.937. The molecule has 4 heterocycles. The largest absolute Gasteiger partial charge is 0.489 e. The van der Waals surface area contributed by atoms with Crippen molar-refractivity contribution in [2.75, 3.05) is 55.7 Å². The molecule has 1 amide bonds. The molecule has 1 unspecified atom stereocenters. The number of para-hydroxylation sites is 1. The lowest BCUT2D eigenvalue weighted by atomic mass is 9.65. The van der Waals surface area contributed by atoms with E-state index in [1.54, 1.807) is 0 Å². The van der Waals surface area contributed by atoms with E-state index in [2.05, 4.69) is 56.4 Å². The minimum absolute atomic E-state index is 0.0253. The van der Waals surface area contributed by atoms with Crippen molar-refractivity contribution in [1.29, 1.82) is 0 Å². The quantitative estimate of drug-likeness (QED) is 0.763. The number of ether oxygens (including phenoxy) is 1. The first kappa shape index (κ1) is 20.6. The van der Waals surface area contributed by atoms with Gasteiger partial charge >= 0.3 is 0 Å². The van der Waals surface area contributed by atoms with Gasteiger partial charge in [-0.15, -0.1) is 0 Å². The van der Waals surface area contributed by atoms with E-state index in [4.69, 9.17) is 4.74 Å². The molecule has 6 heteroatoms. The van der Waals surface area contributed by atoms with E-state index in [1.807, 2.05) is 6.07 Å². The molecule has 2 saturated heterocycles. The first-order valence-corrected chi connectivity index (χ1v) is 13.0. The summed E-state index contributed by atoms with van der Waals surface area (Å²) < 4.78 is 6.15. The highest BCUT2D eigenvalue weighted by atomic mass is 16.5. The molecule has 178 valence electrons. The molecule has 1 atom stereocenters. The summed E-state index contributed by atoms with van der Waals surface area (Å²) in [6, 6.07) is 15.4. The Kier molecular flexibility index (Phi) is 4.80. The van der Waals surface area contributed by atoms with E-state index in [-0.39, 0.29) is 5.91 Å². The second kappa shape index (κ2) is 7.91. The Morgan fingerprint density at radius 2 is 1.88 bits per heavy atom. The summed E-state index contributed by atoms with van der Waals surface area (Å²) in [5.41, 5.74) is 5.02. The van der Waals surface area contributed by atoms with Crippen LogP contribution in [0.25, 0.3) is 0 Å². The zero-order chi connectivity index (χ0) is 22.7. The Labute approximate surface area is 201 Å². The SMILES string of the molecule is O=C1NCc2cc3c(cc21)OCC1CN(CC2CCC4(CC2)CN(c2ccccc2)C4)CCN31. The molecule has 0 aromatic heterocycles. The van der Waals surface area contributed by atoms with Crippen molar-refractivity contribution in [3.05, 3.63) is 53.6 Å². The average molecular weight is 459 g/mol. The number of nitrogens with zero attached hydrogens (tertiary/aromatic N) is 3. The van der Waals surface area contributed by atoms with E-state index in [9.17, 15) is 4.79 Å². The standard InChI is InChI=1S/C28H34N4O2/c33-27-24-13-26-25(12-21(24)14-29-27)32-11-10-30(16-23(32)17-34-26)15-20-6-8-28(9-7-20)18-31(19-28)22-4-2-1-3-5-22/h1-5,12-13,20,23H,6-11,14-19H2,(H,29,33). The highest BCUT2D eigenvalue weighted by Crippen LogP contribution is 2.47. The van der Waals surface area contributed by atoms with Crippen molar-refractivity contribution in [1.82, 2.24) is 10.2 Å². The predicted octanol–water partition coefficient (Wildman–Crippen LogP) is 3.51. The number of anilines is 2. The van der Waals surface area contributed by atoms with E-state index in [0.29, 0.717) is 24.6 Å². The van der Waals surface area contributed by atoms with Gasteiger partial charge in [-0.25, -0.2) is 0 Å². The van der Waals surface area contributed by atoms with Gasteiger partial charge in [0.15, 0.2) is 0 Å². The van der Waals surface area contributed by atoms with Crippen molar-refractivity contribution in [3.8, 4) is 5.75 Å². The third-order valence-corrected chi connectivity index (χ3v) is 9.03. The first-order chi connectivity index (χ1) is 16.7. The van der Waals surface area contributed by atoms with E-state index in [0.717, 1.165) is 42.4 Å². The van der Waals surface area contributed by atoms with Gasteiger partial charge < -0.3 is 19.9 Å². The maximum Gasteiger partial charge on any atom is 0.252 e. The number of hydrogen-bond donors (Lipinski definition) is 1. The molecule has 34 heavy (non-hydrogen) atoms. The molecule has 1 N–H and O–H groups in total. The van der Waals surface area contributed by atoms with Crippen molar-refractivity contribution in [2.24, 2.45) is 11.3 Å². The number of fused-ring (bicyclic) bond motifs is 4. The van der Waals surface area contributed by atoms with Gasteiger partial charge in [-0.05, 0) is 61.4 Å². The third-order valence-electron chi connectivity index (χ3n) is 9.03. The van der Waals surface area contributed by atoms with Gasteiger partial charge in [0.2, 0.25) is 0 Å². The summed E-state index contributed by atoms with van der Waals surface area (Å²) in [4.78, 5) is 19.8. The van der Waals surface area contributed by atoms with Crippen molar-refractivity contribution in [2.45, 2.75) is 38.3 Å². The summed E-state index contributed by atoms with van der Waals surface area (Å²) in [6.45, 7) is 8.32. The Morgan fingerprint density at radius 1 is 1.06 bits per heavy atom. The second-order valence-electron chi connectivity index (χ2n) is 11.2. The molecule has 1 saturated carbocycles. The molecule has 2 aromatic carbocycles. The van der Waals surface area contributed by atoms with Crippen molar-refractivity contribution < 1.29 is 9.53 Å². The van der Waals surface area contributed by atoms with Gasteiger partial charge in [0.1, 0.15) is 12.4 Å². The number of carbonyl (C=O) groups is 1. The van der Waals surface area contributed by atoms with Crippen LogP contribution in [-0.4, -0.2) is 62.7 Å². The topological polar surface area (TPSA) is 48.1 Å². The van der Waals surface area contributed by atoms with Crippen LogP contribution in [0.15, 0.2) is 42.5 Å². The normalized spacial score (nSPS) is 25.8. The smallest absolute Gasteiger partial charge is 0.252 e. The van der Waals surface area contributed by atoms with Crippen LogP contribution in [0.5, 0.6) is 5.75 Å². The number of hydrogen-bond acceptors (Lipinski definition) is 5. The van der Waals surface area contributed by atoms with Crippen molar-refractivity contribution in [3.63, 3.8) is 0 Å². The van der Waals surface area contributed by atoms with Gasteiger partial charge in [0, 0.05) is 62.5 Å². The number of nitrogens with one attached hydrogen (secondary N) is 1. The lowest BCUT2D eigenvalue weighted by Gasteiger charge is -2.55. The van der Waals surface area contributed by atoms with Gasteiger partial charge in [-0.1, -0.05) is 18.2 Å². The summed E-state index contributed by atoms with van der Waals surface area (Å²) in [7, 11) is 0. The minimum atomic E-state index is 0.0253. The zero-order valence-corrected chi connectivity index (χ0v) is 19.8. The highest BCUT2D eigenvalue weighted by molar-refractivity contribution is 5.99. The Morgan fingerprint density at radius 3 is 2.71 bits per heavy atom. The maximum absolute atomic E-state index is 12.0. The molecule has 6 nitrogen and oxygen atoms in total. The van der Waals surface area contributed by atoms with Gasteiger partial charge in [0.05, 0.1) is 11.7 Å². The van der Waals surface area contributed by atoms with E-state index >= 15 is 0 Å². The highest BCUT2D eigenvalue weighted by Gasteiger charge is 2.45. The van der Waals surface area contributed by atoms with Crippen molar-refractivity contribution >= 4 is 17.3 Å². The molecular weight excluding hydrogens is 424 g/mol. The summed E-state index contributed by atoms with van der Waals surface area (Å²) >= 11 is 0. The van der Waals surface area contributed by atoms with Crippen LogP contribution in [0.1, 0.15) is 41.6 Å². The van der Waals surface area contributed by atoms with Gasteiger partial charge in [-0.2, -0.15) is 0 Å². The number of rotatable bonds is 3. The Hall–Kier alpha value is -2.73. The van der Waals surface area contributed by atoms with Crippen LogP contribution >= 0.6 is 0 Å². The molecule has 5 aliphatic rings. The molecule has 0 bridgehead atoms. The summed E-state index contributed by atoms with van der Waals surface area (Å²) in [6.07, 6.45) is 5.53. The van der Waals surface area contributed by atoms with Crippen LogP contribution in [-0.2, 0) is 6.54 Å². The molecule has 1 aliphatic carbocycles. The van der Waals surface area contributed by atoms with Crippen LogP contribution in [0.3, 0.4) is 0 Å². The van der Waals surface area contributed by atoms with Gasteiger partial charge in [-0.3, -0.25) is 9.69 Å². The maximum atomic E-state index is 12.0. The predicted molar refractivity (Wildman–Crippen MR) is 134 cm³/mol. The Bertz CT molecular complexity index is 1090. The van der Waals surface area contributed by atoms with Crippen LogP contribution in [0.2, 0.25) is 0 Å². The molecule has 7 rings (SSSR count). The third kappa shape index (κ3) is 3.46. The molecule has 1 spiro atoms. The van der Waals surface area contributed by atoms with E-state index < -0.39 is 0 Å². The molecular formula is C28H34N4O2. The van der Waals surface area contributed by atoms with Crippen LogP contribution in [0, 0.1) is 11.3 Å². The first-order valence-electron chi connectivity index (χ1n) is 13.0. The molecule has 3 fully saturated rings. The summed E-state index contributed by atoms with van der Waals surface area (Å²) in [5.74, 6) is 1.74. The lowest BCUT2D eigenvalue weighted by Crippen LogP contribution is -2.59. The fraction of sp³-hybridized carbons (Fsp3) is 0.536. The van der Waals surface area contributed by atoms with Crippen LogP contribution in [0.4, 0.5) is 11.4 Å². The van der Waals surface area contributed by atoms with Gasteiger partial charge in [0.25, 0.3) is 5.91 Å².